The summed E-state index contributed by atoms with van der Waals surface area (Å²) in [7, 11) is 2.02. The van der Waals surface area contributed by atoms with Crippen molar-refractivity contribution in [1.82, 2.24) is 15.5 Å². The van der Waals surface area contributed by atoms with E-state index >= 15 is 0 Å². The number of carboxylic acids is 2. The smallest absolute Gasteiger partial charge is 0.326 e. The molecule has 0 rings (SSSR count). The van der Waals surface area contributed by atoms with Crippen LogP contribution in [-0.2, 0) is 9.59 Å². The molecule has 1 atom stereocenters. The molecule has 0 saturated carbocycles. The highest BCUT2D eigenvalue weighted by Gasteiger charge is 2.22. The number of urea groups is 1. The molecule has 2 amide bonds. The van der Waals surface area contributed by atoms with Crippen molar-refractivity contribution in [3.05, 3.63) is 0 Å². The van der Waals surface area contributed by atoms with E-state index in [4.69, 9.17) is 10.2 Å². The molecule has 0 aliphatic rings. The number of nitrogens with one attached hydrogen (secondary N) is 2. The zero-order chi connectivity index (χ0) is 16.4. The van der Waals surface area contributed by atoms with Gasteiger partial charge >= 0.3 is 18.0 Å². The third kappa shape index (κ3) is 9.67. The van der Waals surface area contributed by atoms with Gasteiger partial charge in [-0.2, -0.15) is 0 Å². The lowest BCUT2D eigenvalue weighted by molar-refractivity contribution is -0.145. The van der Waals surface area contributed by atoms with Crippen molar-refractivity contribution in [1.29, 1.82) is 0 Å². The molecule has 122 valence electrons. The lowest BCUT2D eigenvalue weighted by Gasteiger charge is -2.20. The van der Waals surface area contributed by atoms with Crippen LogP contribution in [0.2, 0.25) is 0 Å². The number of carbonyl (C=O) groups is 3. The Kier molecular flexibility index (Phi) is 9.11. The average Bonchev–Trinajstić information content (AvgIpc) is 2.36. The van der Waals surface area contributed by atoms with Gasteiger partial charge in [-0.3, -0.25) is 4.79 Å². The molecular weight excluding hydrogens is 278 g/mol. The number of hydrogen-bond acceptors (Lipinski definition) is 4. The summed E-state index contributed by atoms with van der Waals surface area (Å²) in [5.41, 5.74) is 0. The van der Waals surface area contributed by atoms with E-state index < -0.39 is 30.4 Å². The zero-order valence-electron chi connectivity index (χ0n) is 12.8. The summed E-state index contributed by atoms with van der Waals surface area (Å²) in [6.45, 7) is 5.52. The Morgan fingerprint density at radius 2 is 1.76 bits per heavy atom. The maximum absolute atomic E-state index is 11.5. The van der Waals surface area contributed by atoms with Gasteiger partial charge in [0.05, 0.1) is 6.42 Å². The molecule has 0 aromatic carbocycles. The number of rotatable bonds is 10. The number of hydrogen-bond donors (Lipinski definition) is 4. The molecule has 0 bridgehead atoms. The van der Waals surface area contributed by atoms with Gasteiger partial charge < -0.3 is 25.7 Å². The minimum absolute atomic E-state index is 0.414. The Labute approximate surface area is 124 Å². The first-order valence-corrected chi connectivity index (χ1v) is 6.93. The molecule has 21 heavy (non-hydrogen) atoms. The zero-order valence-corrected chi connectivity index (χ0v) is 12.8. The second-order valence-electron chi connectivity index (χ2n) is 5.17. The van der Waals surface area contributed by atoms with Crippen molar-refractivity contribution in [2.75, 3.05) is 20.1 Å². The molecule has 0 spiro atoms. The normalized spacial score (nSPS) is 12.2. The highest BCUT2D eigenvalue weighted by Crippen LogP contribution is 1.97. The largest absolute Gasteiger partial charge is 0.481 e. The number of aliphatic carboxylic acids is 2. The summed E-state index contributed by atoms with van der Waals surface area (Å²) in [6.07, 6.45) is 1.02. The third-order valence-corrected chi connectivity index (χ3v) is 3.09. The van der Waals surface area contributed by atoms with Gasteiger partial charge in [-0.25, -0.2) is 9.59 Å². The fourth-order valence-electron chi connectivity index (χ4n) is 1.53. The Morgan fingerprint density at radius 1 is 1.14 bits per heavy atom. The maximum atomic E-state index is 11.5. The summed E-state index contributed by atoms with van der Waals surface area (Å²) < 4.78 is 0. The summed E-state index contributed by atoms with van der Waals surface area (Å²) in [5, 5.41) is 22.0. The van der Waals surface area contributed by atoms with E-state index in [2.05, 4.69) is 29.4 Å². The van der Waals surface area contributed by atoms with Gasteiger partial charge in [-0.05, 0) is 40.3 Å². The van der Waals surface area contributed by atoms with Crippen LogP contribution >= 0.6 is 0 Å². The van der Waals surface area contributed by atoms with Crippen molar-refractivity contribution in [3.8, 4) is 0 Å². The van der Waals surface area contributed by atoms with Gasteiger partial charge in [0.2, 0.25) is 0 Å². The molecule has 0 radical (unpaired) electrons. The highest BCUT2D eigenvalue weighted by molar-refractivity contribution is 5.86. The Balaban J connectivity index is 3.88. The molecule has 8 nitrogen and oxygen atoms in total. The van der Waals surface area contributed by atoms with Gasteiger partial charge in [-0.1, -0.05) is 0 Å². The number of carbonyl (C=O) groups excluding carboxylic acids is 1. The SMILES string of the molecule is CC(C)N(C)CCCCNC(=O)N[C@@H](CC(=O)O)C(=O)O. The van der Waals surface area contributed by atoms with Gasteiger partial charge in [0.1, 0.15) is 6.04 Å². The van der Waals surface area contributed by atoms with E-state index in [0.717, 1.165) is 19.4 Å². The standard InChI is InChI=1S/C13H25N3O5/c1-9(2)16(3)7-5-4-6-14-13(21)15-10(12(19)20)8-11(17)18/h9-10H,4-8H2,1-3H3,(H,17,18)(H,19,20)(H2,14,15,21)/t10-/m0/s1. The van der Waals surface area contributed by atoms with Crippen molar-refractivity contribution in [2.24, 2.45) is 0 Å². The first-order chi connectivity index (χ1) is 9.73. The van der Waals surface area contributed by atoms with Crippen LogP contribution in [0, 0.1) is 0 Å². The molecule has 0 aliphatic carbocycles. The van der Waals surface area contributed by atoms with Crippen LogP contribution in [0.4, 0.5) is 4.79 Å². The quantitative estimate of drug-likeness (QED) is 0.432. The fraction of sp³-hybridized carbons (Fsp3) is 0.769. The molecule has 0 saturated heterocycles. The van der Waals surface area contributed by atoms with E-state index in [-0.39, 0.29) is 0 Å². The maximum Gasteiger partial charge on any atom is 0.326 e. The van der Waals surface area contributed by atoms with E-state index in [1.165, 1.54) is 0 Å². The Morgan fingerprint density at radius 3 is 2.24 bits per heavy atom. The highest BCUT2D eigenvalue weighted by atomic mass is 16.4. The van der Waals surface area contributed by atoms with Gasteiger partial charge in [0.25, 0.3) is 0 Å². The predicted octanol–water partition coefficient (Wildman–Crippen LogP) is 0.334. The Hall–Kier alpha value is -1.83. The van der Waals surface area contributed by atoms with E-state index in [1.807, 2.05) is 7.05 Å². The van der Waals surface area contributed by atoms with E-state index in [0.29, 0.717) is 12.6 Å². The fourth-order valence-corrected chi connectivity index (χ4v) is 1.53. The van der Waals surface area contributed by atoms with Crippen LogP contribution in [0.5, 0.6) is 0 Å². The number of nitrogens with zero attached hydrogens (tertiary/aromatic N) is 1. The van der Waals surface area contributed by atoms with Crippen LogP contribution in [0.25, 0.3) is 0 Å². The average molecular weight is 303 g/mol. The van der Waals surface area contributed by atoms with Gasteiger partial charge in [-0.15, -0.1) is 0 Å². The molecule has 0 heterocycles. The summed E-state index contributed by atoms with van der Waals surface area (Å²) in [4.78, 5) is 34.9. The van der Waals surface area contributed by atoms with E-state index in [9.17, 15) is 14.4 Å². The minimum atomic E-state index is -1.42. The molecule has 0 aromatic rings. The van der Waals surface area contributed by atoms with Crippen molar-refractivity contribution in [2.45, 2.75) is 45.2 Å². The van der Waals surface area contributed by atoms with Crippen LogP contribution in [0.15, 0.2) is 0 Å². The predicted molar refractivity (Wildman–Crippen MR) is 77.2 cm³/mol. The monoisotopic (exact) mass is 303 g/mol. The van der Waals surface area contributed by atoms with Crippen molar-refractivity contribution < 1.29 is 24.6 Å². The Bertz CT molecular complexity index is 360. The second kappa shape index (κ2) is 9.98. The lowest BCUT2D eigenvalue weighted by atomic mass is 10.2. The number of unbranched alkanes of at least 4 members (excludes halogenated alkanes) is 1. The summed E-state index contributed by atoms with van der Waals surface area (Å²) in [5.74, 6) is -2.65. The van der Waals surface area contributed by atoms with Crippen molar-refractivity contribution >= 4 is 18.0 Å². The number of carboxylic acid groups (broad SMARTS) is 2. The summed E-state index contributed by atoms with van der Waals surface area (Å²) in [6, 6.07) is -1.62. The summed E-state index contributed by atoms with van der Waals surface area (Å²) >= 11 is 0. The van der Waals surface area contributed by atoms with Crippen LogP contribution in [0.1, 0.15) is 33.1 Å². The molecule has 0 aromatic heterocycles. The van der Waals surface area contributed by atoms with Crippen molar-refractivity contribution in [3.63, 3.8) is 0 Å². The number of amides is 2. The van der Waals surface area contributed by atoms with Crippen LogP contribution < -0.4 is 10.6 Å². The third-order valence-electron chi connectivity index (χ3n) is 3.09. The topological polar surface area (TPSA) is 119 Å². The molecular formula is C13H25N3O5. The first kappa shape index (κ1) is 19.2. The van der Waals surface area contributed by atoms with Crippen LogP contribution in [-0.4, -0.2) is 65.3 Å². The van der Waals surface area contributed by atoms with E-state index in [1.54, 1.807) is 0 Å². The molecule has 4 N–H and O–H groups in total. The molecule has 8 heteroatoms. The van der Waals surface area contributed by atoms with Gasteiger partial charge in [0, 0.05) is 12.6 Å². The van der Waals surface area contributed by atoms with Gasteiger partial charge in [0.15, 0.2) is 0 Å². The first-order valence-electron chi connectivity index (χ1n) is 6.93. The molecule has 0 unspecified atom stereocenters. The second-order valence-corrected chi connectivity index (χ2v) is 5.17. The molecule has 0 fully saturated rings. The minimum Gasteiger partial charge on any atom is -0.481 e. The van der Waals surface area contributed by atoms with Crippen LogP contribution in [0.3, 0.4) is 0 Å². The molecule has 0 aliphatic heterocycles. The lowest BCUT2D eigenvalue weighted by Crippen LogP contribution is -2.47.